The van der Waals surface area contributed by atoms with Crippen LogP contribution in [0.15, 0.2) is 29.2 Å². The molecule has 22 heavy (non-hydrogen) atoms. The van der Waals surface area contributed by atoms with Gasteiger partial charge in [-0.2, -0.15) is 5.10 Å². The fourth-order valence-corrected chi connectivity index (χ4v) is 3.24. The minimum atomic E-state index is 0.0480. The third-order valence-corrected chi connectivity index (χ3v) is 4.68. The molecule has 1 amide bonds. The maximum Gasteiger partial charge on any atom is 0.224 e. The van der Waals surface area contributed by atoms with Gasteiger partial charge in [0.2, 0.25) is 5.91 Å². The Morgan fingerprint density at radius 1 is 1.32 bits per heavy atom. The number of rotatable bonds is 6. The number of benzene rings is 1. The van der Waals surface area contributed by atoms with Gasteiger partial charge in [0, 0.05) is 24.1 Å². The first kappa shape index (κ1) is 16.6. The standard InChI is InChI=1S/C17H23N3OS/c1-5-22-16-9-7-6-8-15(16)18-17(21)11-10-14-12(2)19-20(4)13(14)3/h6-9H,5,10-11H2,1-4H3,(H,18,21). The Morgan fingerprint density at radius 2 is 2.05 bits per heavy atom. The highest BCUT2D eigenvalue weighted by Gasteiger charge is 2.12. The number of aryl methyl sites for hydroxylation is 2. The van der Waals surface area contributed by atoms with E-state index >= 15 is 0 Å². The number of nitrogens with zero attached hydrogens (tertiary/aromatic N) is 2. The summed E-state index contributed by atoms with van der Waals surface area (Å²) in [6, 6.07) is 7.94. The largest absolute Gasteiger partial charge is 0.325 e. The molecule has 0 saturated heterocycles. The molecule has 1 aromatic heterocycles. The zero-order valence-electron chi connectivity index (χ0n) is 13.6. The number of thioether (sulfide) groups is 1. The summed E-state index contributed by atoms with van der Waals surface area (Å²) in [5, 5.41) is 7.42. The molecule has 0 bridgehead atoms. The van der Waals surface area contributed by atoms with Crippen molar-refractivity contribution in [2.75, 3.05) is 11.1 Å². The normalized spacial score (nSPS) is 10.7. The molecule has 118 valence electrons. The number of hydrogen-bond acceptors (Lipinski definition) is 3. The molecule has 1 aromatic carbocycles. The van der Waals surface area contributed by atoms with Crippen molar-refractivity contribution in [1.29, 1.82) is 0 Å². The van der Waals surface area contributed by atoms with Crippen LogP contribution in [0.2, 0.25) is 0 Å². The van der Waals surface area contributed by atoms with Crippen molar-refractivity contribution in [2.45, 2.75) is 38.5 Å². The molecule has 2 aromatic rings. The highest BCUT2D eigenvalue weighted by atomic mass is 32.2. The number of amides is 1. The Labute approximate surface area is 136 Å². The van der Waals surface area contributed by atoms with Gasteiger partial charge in [0.15, 0.2) is 0 Å². The van der Waals surface area contributed by atoms with Crippen LogP contribution in [0.25, 0.3) is 0 Å². The number of aromatic nitrogens is 2. The van der Waals surface area contributed by atoms with E-state index in [0.29, 0.717) is 6.42 Å². The van der Waals surface area contributed by atoms with Crippen LogP contribution < -0.4 is 5.32 Å². The molecular formula is C17H23N3OS. The number of para-hydroxylation sites is 1. The molecule has 0 unspecified atom stereocenters. The fourth-order valence-electron chi connectivity index (χ4n) is 2.48. The second-order valence-corrected chi connectivity index (χ2v) is 6.56. The Balaban J connectivity index is 1.99. The van der Waals surface area contributed by atoms with Crippen LogP contribution in [0.1, 0.15) is 30.3 Å². The molecule has 0 radical (unpaired) electrons. The van der Waals surface area contributed by atoms with Crippen LogP contribution in [0.4, 0.5) is 5.69 Å². The van der Waals surface area contributed by atoms with Crippen molar-refractivity contribution in [3.05, 3.63) is 41.2 Å². The molecule has 1 N–H and O–H groups in total. The van der Waals surface area contributed by atoms with Crippen molar-refractivity contribution >= 4 is 23.4 Å². The monoisotopic (exact) mass is 317 g/mol. The first-order valence-corrected chi connectivity index (χ1v) is 8.52. The van der Waals surface area contributed by atoms with Gasteiger partial charge in [-0.15, -0.1) is 11.8 Å². The van der Waals surface area contributed by atoms with Crippen molar-refractivity contribution in [3.63, 3.8) is 0 Å². The van der Waals surface area contributed by atoms with E-state index in [-0.39, 0.29) is 5.91 Å². The van der Waals surface area contributed by atoms with Crippen LogP contribution in [0, 0.1) is 13.8 Å². The van der Waals surface area contributed by atoms with Crippen LogP contribution in [0.3, 0.4) is 0 Å². The molecule has 0 aliphatic carbocycles. The Morgan fingerprint density at radius 3 is 2.68 bits per heavy atom. The SMILES string of the molecule is CCSc1ccccc1NC(=O)CCc1c(C)nn(C)c1C. The summed E-state index contributed by atoms with van der Waals surface area (Å²) in [4.78, 5) is 13.3. The first-order chi connectivity index (χ1) is 10.5. The van der Waals surface area contributed by atoms with Gasteiger partial charge in [0.05, 0.1) is 11.4 Å². The number of nitrogens with one attached hydrogen (secondary N) is 1. The lowest BCUT2D eigenvalue weighted by molar-refractivity contribution is -0.116. The Kier molecular flexibility index (Phi) is 5.66. The first-order valence-electron chi connectivity index (χ1n) is 7.53. The highest BCUT2D eigenvalue weighted by Crippen LogP contribution is 2.26. The molecule has 0 aliphatic heterocycles. The van der Waals surface area contributed by atoms with Crippen LogP contribution in [-0.2, 0) is 18.3 Å². The van der Waals surface area contributed by atoms with E-state index in [4.69, 9.17) is 0 Å². The highest BCUT2D eigenvalue weighted by molar-refractivity contribution is 7.99. The minimum Gasteiger partial charge on any atom is -0.325 e. The molecule has 0 atom stereocenters. The summed E-state index contributed by atoms with van der Waals surface area (Å²) in [5.41, 5.74) is 4.22. The molecule has 0 fully saturated rings. The van der Waals surface area contributed by atoms with E-state index in [0.717, 1.165) is 34.1 Å². The van der Waals surface area contributed by atoms with Crippen molar-refractivity contribution < 1.29 is 4.79 Å². The molecule has 5 heteroatoms. The van der Waals surface area contributed by atoms with Gasteiger partial charge in [-0.05, 0) is 43.7 Å². The van der Waals surface area contributed by atoms with Crippen molar-refractivity contribution in [2.24, 2.45) is 7.05 Å². The summed E-state index contributed by atoms with van der Waals surface area (Å²) < 4.78 is 1.87. The average Bonchev–Trinajstić information content (AvgIpc) is 2.72. The van der Waals surface area contributed by atoms with Crippen molar-refractivity contribution in [3.8, 4) is 0 Å². The molecular weight excluding hydrogens is 294 g/mol. The Bertz CT molecular complexity index is 664. The predicted octanol–water partition coefficient (Wildman–Crippen LogP) is 3.72. The van der Waals surface area contributed by atoms with E-state index in [1.165, 1.54) is 5.56 Å². The molecule has 4 nitrogen and oxygen atoms in total. The molecule has 2 rings (SSSR count). The Hall–Kier alpha value is -1.75. The van der Waals surface area contributed by atoms with Gasteiger partial charge in [-0.25, -0.2) is 0 Å². The van der Waals surface area contributed by atoms with Crippen LogP contribution in [-0.4, -0.2) is 21.4 Å². The van der Waals surface area contributed by atoms with Gasteiger partial charge < -0.3 is 5.32 Å². The van der Waals surface area contributed by atoms with E-state index in [2.05, 4.69) is 17.3 Å². The molecule has 0 aliphatic rings. The minimum absolute atomic E-state index is 0.0480. The van der Waals surface area contributed by atoms with Gasteiger partial charge in [-0.3, -0.25) is 9.48 Å². The van der Waals surface area contributed by atoms with E-state index < -0.39 is 0 Å². The summed E-state index contributed by atoms with van der Waals surface area (Å²) in [7, 11) is 1.93. The predicted molar refractivity (Wildman–Crippen MR) is 92.5 cm³/mol. The van der Waals surface area contributed by atoms with Crippen molar-refractivity contribution in [1.82, 2.24) is 9.78 Å². The van der Waals surface area contributed by atoms with Gasteiger partial charge >= 0.3 is 0 Å². The van der Waals surface area contributed by atoms with Crippen LogP contribution in [0.5, 0.6) is 0 Å². The summed E-state index contributed by atoms with van der Waals surface area (Å²) >= 11 is 1.74. The molecule has 0 saturated carbocycles. The third-order valence-electron chi connectivity index (χ3n) is 3.72. The topological polar surface area (TPSA) is 46.9 Å². The second kappa shape index (κ2) is 7.49. The number of carbonyl (C=O) groups is 1. The summed E-state index contributed by atoms with van der Waals surface area (Å²) in [5.74, 6) is 1.04. The van der Waals surface area contributed by atoms with Crippen LogP contribution >= 0.6 is 11.8 Å². The smallest absolute Gasteiger partial charge is 0.224 e. The second-order valence-electron chi connectivity index (χ2n) is 5.25. The van der Waals surface area contributed by atoms with E-state index in [9.17, 15) is 4.79 Å². The summed E-state index contributed by atoms with van der Waals surface area (Å²) in [6.07, 6.45) is 1.19. The lowest BCUT2D eigenvalue weighted by Gasteiger charge is -2.10. The quantitative estimate of drug-likeness (QED) is 0.826. The number of hydrogen-bond donors (Lipinski definition) is 1. The summed E-state index contributed by atoms with van der Waals surface area (Å²) in [6.45, 7) is 6.14. The van der Waals surface area contributed by atoms with Gasteiger partial charge in [-0.1, -0.05) is 19.1 Å². The number of anilines is 1. The lowest BCUT2D eigenvalue weighted by Crippen LogP contribution is -2.13. The third kappa shape index (κ3) is 3.91. The average molecular weight is 317 g/mol. The lowest BCUT2D eigenvalue weighted by atomic mass is 10.1. The van der Waals surface area contributed by atoms with E-state index in [1.807, 2.05) is 49.8 Å². The number of carbonyl (C=O) groups excluding carboxylic acids is 1. The molecule has 0 spiro atoms. The van der Waals surface area contributed by atoms with Gasteiger partial charge in [0.25, 0.3) is 0 Å². The maximum absolute atomic E-state index is 12.2. The zero-order valence-corrected chi connectivity index (χ0v) is 14.5. The van der Waals surface area contributed by atoms with E-state index in [1.54, 1.807) is 11.8 Å². The van der Waals surface area contributed by atoms with Gasteiger partial charge in [0.1, 0.15) is 0 Å². The maximum atomic E-state index is 12.2. The fraction of sp³-hybridized carbons (Fsp3) is 0.412. The molecule has 1 heterocycles. The zero-order chi connectivity index (χ0) is 16.1.